The van der Waals surface area contributed by atoms with E-state index in [9.17, 15) is 8.78 Å². The Balaban J connectivity index is 2.04. The molecule has 1 aromatic carbocycles. The maximum Gasteiger partial charge on any atom is 0.163 e. The summed E-state index contributed by atoms with van der Waals surface area (Å²) >= 11 is 0. The number of hydrogen-bond acceptors (Lipinski definition) is 3. The number of rotatable bonds is 4. The summed E-state index contributed by atoms with van der Waals surface area (Å²) in [6.07, 6.45) is 1.59. The van der Waals surface area contributed by atoms with Crippen molar-refractivity contribution in [3.8, 4) is 0 Å². The second-order valence-electron chi connectivity index (χ2n) is 4.12. The van der Waals surface area contributed by atoms with Gasteiger partial charge in [-0.2, -0.15) is 0 Å². The highest BCUT2D eigenvalue weighted by atomic mass is 19.2. The molecule has 0 radical (unpaired) electrons. The van der Waals surface area contributed by atoms with E-state index in [1.165, 1.54) is 6.07 Å². The van der Waals surface area contributed by atoms with E-state index < -0.39 is 11.6 Å². The molecule has 0 amide bonds. The number of hydrogen-bond donors (Lipinski definition) is 1. The van der Waals surface area contributed by atoms with Gasteiger partial charge in [0, 0.05) is 19.2 Å². The molecule has 18 heavy (non-hydrogen) atoms. The third-order valence-electron chi connectivity index (χ3n) is 2.76. The maximum absolute atomic E-state index is 13.4. The van der Waals surface area contributed by atoms with Crippen molar-refractivity contribution in [1.82, 2.24) is 20.1 Å². The van der Waals surface area contributed by atoms with Crippen LogP contribution in [-0.4, -0.2) is 14.8 Å². The first-order chi connectivity index (χ1) is 8.59. The standard InChI is InChI=1S/C12H14F2N4/c1-8(12-17-16-7-18(12)2)15-6-9-4-3-5-10(13)11(9)14/h3-5,7-8,15H,6H2,1-2H3. The van der Waals surface area contributed by atoms with Gasteiger partial charge in [0.2, 0.25) is 0 Å². The van der Waals surface area contributed by atoms with E-state index in [4.69, 9.17) is 0 Å². The van der Waals surface area contributed by atoms with E-state index in [1.54, 1.807) is 17.0 Å². The number of aryl methyl sites for hydroxylation is 1. The summed E-state index contributed by atoms with van der Waals surface area (Å²) in [5.41, 5.74) is 0.295. The maximum atomic E-state index is 13.4. The summed E-state index contributed by atoms with van der Waals surface area (Å²) in [4.78, 5) is 0. The number of benzene rings is 1. The predicted octanol–water partition coefficient (Wildman–Crippen LogP) is 1.94. The van der Waals surface area contributed by atoms with Crippen LogP contribution in [0, 0.1) is 11.6 Å². The predicted molar refractivity (Wildman–Crippen MR) is 62.6 cm³/mol. The van der Waals surface area contributed by atoms with Gasteiger partial charge < -0.3 is 9.88 Å². The molecular weight excluding hydrogens is 238 g/mol. The average Bonchev–Trinajstić information content (AvgIpc) is 2.77. The van der Waals surface area contributed by atoms with Gasteiger partial charge in [-0.1, -0.05) is 12.1 Å². The normalized spacial score (nSPS) is 12.7. The van der Waals surface area contributed by atoms with Gasteiger partial charge in [0.25, 0.3) is 0 Å². The van der Waals surface area contributed by atoms with Crippen LogP contribution in [0.2, 0.25) is 0 Å². The molecule has 0 aliphatic heterocycles. The van der Waals surface area contributed by atoms with E-state index in [-0.39, 0.29) is 12.6 Å². The van der Waals surface area contributed by atoms with Crippen LogP contribution in [0.25, 0.3) is 0 Å². The Morgan fingerprint density at radius 2 is 2.17 bits per heavy atom. The van der Waals surface area contributed by atoms with Crippen LogP contribution in [0.4, 0.5) is 8.78 Å². The molecule has 1 aromatic heterocycles. The minimum Gasteiger partial charge on any atom is -0.319 e. The molecule has 0 fully saturated rings. The minimum absolute atomic E-state index is 0.0971. The van der Waals surface area contributed by atoms with Gasteiger partial charge in [-0.05, 0) is 13.0 Å². The smallest absolute Gasteiger partial charge is 0.163 e. The second-order valence-corrected chi connectivity index (χ2v) is 4.12. The van der Waals surface area contributed by atoms with Crippen molar-refractivity contribution in [2.24, 2.45) is 7.05 Å². The van der Waals surface area contributed by atoms with Crippen LogP contribution in [0.3, 0.4) is 0 Å². The Morgan fingerprint density at radius 3 is 2.83 bits per heavy atom. The molecule has 0 saturated heterocycles. The molecule has 1 N–H and O–H groups in total. The molecule has 2 aromatic rings. The fourth-order valence-corrected chi connectivity index (χ4v) is 1.72. The second kappa shape index (κ2) is 5.22. The number of nitrogens with one attached hydrogen (secondary N) is 1. The fraction of sp³-hybridized carbons (Fsp3) is 0.333. The van der Waals surface area contributed by atoms with Gasteiger partial charge in [-0.3, -0.25) is 0 Å². The highest BCUT2D eigenvalue weighted by Crippen LogP contribution is 2.13. The molecule has 0 aliphatic carbocycles. The average molecular weight is 252 g/mol. The lowest BCUT2D eigenvalue weighted by molar-refractivity contribution is 0.477. The highest BCUT2D eigenvalue weighted by molar-refractivity contribution is 5.18. The van der Waals surface area contributed by atoms with Crippen LogP contribution in [-0.2, 0) is 13.6 Å². The van der Waals surface area contributed by atoms with Crippen LogP contribution >= 0.6 is 0 Å². The van der Waals surface area contributed by atoms with Crippen molar-refractivity contribution in [3.05, 3.63) is 47.5 Å². The van der Waals surface area contributed by atoms with Gasteiger partial charge in [-0.25, -0.2) is 8.78 Å². The molecule has 1 heterocycles. The molecule has 0 aliphatic rings. The Morgan fingerprint density at radius 1 is 1.39 bits per heavy atom. The first-order valence-corrected chi connectivity index (χ1v) is 5.59. The first-order valence-electron chi connectivity index (χ1n) is 5.59. The van der Waals surface area contributed by atoms with Crippen molar-refractivity contribution in [3.63, 3.8) is 0 Å². The van der Waals surface area contributed by atoms with Crippen LogP contribution in [0.1, 0.15) is 24.4 Å². The van der Waals surface area contributed by atoms with E-state index in [0.29, 0.717) is 5.56 Å². The zero-order chi connectivity index (χ0) is 13.1. The van der Waals surface area contributed by atoms with Gasteiger partial charge in [0.05, 0.1) is 6.04 Å². The third kappa shape index (κ3) is 2.53. The van der Waals surface area contributed by atoms with Gasteiger partial charge in [0.1, 0.15) is 12.2 Å². The van der Waals surface area contributed by atoms with Crippen LogP contribution in [0.5, 0.6) is 0 Å². The minimum atomic E-state index is -0.833. The van der Waals surface area contributed by atoms with E-state index in [1.807, 2.05) is 14.0 Å². The molecule has 1 atom stereocenters. The molecule has 1 unspecified atom stereocenters. The number of aromatic nitrogens is 3. The zero-order valence-electron chi connectivity index (χ0n) is 10.2. The van der Waals surface area contributed by atoms with Crippen molar-refractivity contribution < 1.29 is 8.78 Å². The summed E-state index contributed by atoms with van der Waals surface area (Å²) in [5, 5.41) is 10.8. The first kappa shape index (κ1) is 12.6. The molecule has 0 bridgehead atoms. The Hall–Kier alpha value is -1.82. The summed E-state index contributed by atoms with van der Waals surface area (Å²) < 4.78 is 28.2. The lowest BCUT2D eigenvalue weighted by atomic mass is 10.2. The molecular formula is C12H14F2N4. The topological polar surface area (TPSA) is 42.7 Å². The molecule has 2 rings (SSSR count). The summed E-state index contributed by atoms with van der Waals surface area (Å²) in [7, 11) is 1.83. The van der Waals surface area contributed by atoms with E-state index in [0.717, 1.165) is 11.9 Å². The highest BCUT2D eigenvalue weighted by Gasteiger charge is 2.12. The molecule has 0 saturated carbocycles. The summed E-state index contributed by atoms with van der Waals surface area (Å²) in [5.74, 6) is -0.900. The summed E-state index contributed by atoms with van der Waals surface area (Å²) in [6, 6.07) is 4.04. The van der Waals surface area contributed by atoms with E-state index >= 15 is 0 Å². The SMILES string of the molecule is CC(NCc1cccc(F)c1F)c1nncn1C. The van der Waals surface area contributed by atoms with Crippen molar-refractivity contribution in [2.45, 2.75) is 19.5 Å². The van der Waals surface area contributed by atoms with Crippen LogP contribution < -0.4 is 5.32 Å². The van der Waals surface area contributed by atoms with Crippen molar-refractivity contribution >= 4 is 0 Å². The Bertz CT molecular complexity index is 539. The van der Waals surface area contributed by atoms with Gasteiger partial charge in [-0.15, -0.1) is 10.2 Å². The fourth-order valence-electron chi connectivity index (χ4n) is 1.72. The lowest BCUT2D eigenvalue weighted by Crippen LogP contribution is -2.21. The van der Waals surface area contributed by atoms with Gasteiger partial charge in [0.15, 0.2) is 11.6 Å². The van der Waals surface area contributed by atoms with Crippen LogP contribution in [0.15, 0.2) is 24.5 Å². The Labute approximate surface area is 104 Å². The number of halogens is 2. The molecule has 6 heteroatoms. The molecule has 4 nitrogen and oxygen atoms in total. The van der Waals surface area contributed by atoms with Crippen molar-refractivity contribution in [1.29, 1.82) is 0 Å². The molecule has 96 valence electrons. The summed E-state index contributed by atoms with van der Waals surface area (Å²) in [6.45, 7) is 2.12. The lowest BCUT2D eigenvalue weighted by Gasteiger charge is -2.13. The molecule has 0 spiro atoms. The monoisotopic (exact) mass is 252 g/mol. The Kier molecular flexibility index (Phi) is 3.66. The van der Waals surface area contributed by atoms with Crippen molar-refractivity contribution in [2.75, 3.05) is 0 Å². The number of nitrogens with zero attached hydrogens (tertiary/aromatic N) is 3. The quantitative estimate of drug-likeness (QED) is 0.904. The van der Waals surface area contributed by atoms with Gasteiger partial charge >= 0.3 is 0 Å². The largest absolute Gasteiger partial charge is 0.319 e. The van der Waals surface area contributed by atoms with E-state index in [2.05, 4.69) is 15.5 Å². The third-order valence-corrected chi connectivity index (χ3v) is 2.76. The zero-order valence-corrected chi connectivity index (χ0v) is 10.2.